The third-order valence-corrected chi connectivity index (χ3v) is 3.85. The molecule has 116 valence electrons. The zero-order chi connectivity index (χ0) is 15.7. The number of rotatable bonds is 9. The summed E-state index contributed by atoms with van der Waals surface area (Å²) in [5.41, 5.74) is 2.34. The number of benzene rings is 1. The zero-order valence-corrected chi connectivity index (χ0v) is 14.0. The SMILES string of the molecule is CCCN(CCC)C(C#N)c1ccc(N(CC)CC)cc1. The van der Waals surface area contributed by atoms with E-state index < -0.39 is 0 Å². The molecule has 0 heterocycles. The van der Waals surface area contributed by atoms with E-state index in [9.17, 15) is 5.26 Å². The molecule has 0 N–H and O–H groups in total. The molecule has 3 nitrogen and oxygen atoms in total. The highest BCUT2D eigenvalue weighted by Gasteiger charge is 2.18. The summed E-state index contributed by atoms with van der Waals surface area (Å²) < 4.78 is 0. The number of nitriles is 1. The van der Waals surface area contributed by atoms with Crippen LogP contribution < -0.4 is 4.90 Å². The summed E-state index contributed by atoms with van der Waals surface area (Å²) in [4.78, 5) is 4.60. The molecule has 1 aromatic carbocycles. The Morgan fingerprint density at radius 3 is 1.86 bits per heavy atom. The number of nitrogens with zero attached hydrogens (tertiary/aromatic N) is 3. The van der Waals surface area contributed by atoms with Gasteiger partial charge in [0.15, 0.2) is 0 Å². The summed E-state index contributed by atoms with van der Waals surface area (Å²) in [7, 11) is 0. The molecule has 0 aliphatic rings. The summed E-state index contributed by atoms with van der Waals surface area (Å²) >= 11 is 0. The minimum atomic E-state index is -0.129. The Hall–Kier alpha value is -1.53. The number of hydrogen-bond donors (Lipinski definition) is 0. The fourth-order valence-electron chi connectivity index (χ4n) is 2.77. The molecule has 3 heteroatoms. The summed E-state index contributed by atoms with van der Waals surface area (Å²) in [6.45, 7) is 12.6. The van der Waals surface area contributed by atoms with Crippen molar-refractivity contribution in [2.24, 2.45) is 0 Å². The second-order valence-corrected chi connectivity index (χ2v) is 5.33. The van der Waals surface area contributed by atoms with Gasteiger partial charge in [-0.2, -0.15) is 5.26 Å². The van der Waals surface area contributed by atoms with Crippen molar-refractivity contribution in [1.29, 1.82) is 5.26 Å². The van der Waals surface area contributed by atoms with Gasteiger partial charge in [0.2, 0.25) is 0 Å². The molecular weight excluding hydrogens is 258 g/mol. The number of anilines is 1. The van der Waals surface area contributed by atoms with Crippen molar-refractivity contribution < 1.29 is 0 Å². The number of hydrogen-bond acceptors (Lipinski definition) is 3. The van der Waals surface area contributed by atoms with Gasteiger partial charge in [0.25, 0.3) is 0 Å². The molecule has 0 spiro atoms. The second-order valence-electron chi connectivity index (χ2n) is 5.33. The van der Waals surface area contributed by atoms with Gasteiger partial charge in [-0.3, -0.25) is 4.90 Å². The van der Waals surface area contributed by atoms with Crippen molar-refractivity contribution in [2.75, 3.05) is 31.1 Å². The zero-order valence-electron chi connectivity index (χ0n) is 14.0. The second kappa shape index (κ2) is 9.41. The fourth-order valence-corrected chi connectivity index (χ4v) is 2.77. The average molecular weight is 287 g/mol. The first-order valence-corrected chi connectivity index (χ1v) is 8.20. The molecule has 1 rings (SSSR count). The van der Waals surface area contributed by atoms with Crippen molar-refractivity contribution in [1.82, 2.24) is 4.90 Å². The van der Waals surface area contributed by atoms with Gasteiger partial charge in [-0.05, 0) is 57.5 Å². The summed E-state index contributed by atoms with van der Waals surface area (Å²) in [6, 6.07) is 10.9. The Morgan fingerprint density at radius 1 is 0.952 bits per heavy atom. The predicted octanol–water partition coefficient (Wildman–Crippen LogP) is 4.22. The van der Waals surface area contributed by atoms with Crippen LogP contribution >= 0.6 is 0 Å². The van der Waals surface area contributed by atoms with Crippen LogP contribution in [0.2, 0.25) is 0 Å². The molecule has 21 heavy (non-hydrogen) atoms. The minimum Gasteiger partial charge on any atom is -0.372 e. The highest BCUT2D eigenvalue weighted by atomic mass is 15.1. The van der Waals surface area contributed by atoms with Crippen LogP contribution in [0, 0.1) is 11.3 Å². The largest absolute Gasteiger partial charge is 0.372 e. The molecule has 1 aromatic rings. The molecular formula is C18H29N3. The highest BCUT2D eigenvalue weighted by Crippen LogP contribution is 2.23. The fraction of sp³-hybridized carbons (Fsp3) is 0.611. The van der Waals surface area contributed by atoms with Crippen LogP contribution in [0.4, 0.5) is 5.69 Å². The molecule has 0 aliphatic carbocycles. The maximum atomic E-state index is 9.57. The molecule has 1 unspecified atom stereocenters. The van der Waals surface area contributed by atoms with E-state index in [2.05, 4.69) is 67.8 Å². The third-order valence-electron chi connectivity index (χ3n) is 3.85. The predicted molar refractivity (Wildman–Crippen MR) is 90.5 cm³/mol. The Labute approximate surface area is 130 Å². The Bertz CT molecular complexity index is 423. The third kappa shape index (κ3) is 4.75. The summed E-state index contributed by atoms with van der Waals surface area (Å²) in [5, 5.41) is 9.57. The van der Waals surface area contributed by atoms with Gasteiger partial charge in [-0.15, -0.1) is 0 Å². The van der Waals surface area contributed by atoms with Crippen molar-refractivity contribution in [3.05, 3.63) is 29.8 Å². The van der Waals surface area contributed by atoms with E-state index in [0.717, 1.165) is 44.6 Å². The van der Waals surface area contributed by atoms with Gasteiger partial charge in [0.05, 0.1) is 6.07 Å². The van der Waals surface area contributed by atoms with E-state index in [1.165, 1.54) is 5.69 Å². The lowest BCUT2D eigenvalue weighted by Gasteiger charge is -2.27. The Balaban J connectivity index is 2.93. The van der Waals surface area contributed by atoms with Gasteiger partial charge in [0.1, 0.15) is 6.04 Å². The van der Waals surface area contributed by atoms with E-state index in [1.54, 1.807) is 0 Å². The molecule has 0 aliphatic heterocycles. The lowest BCUT2D eigenvalue weighted by atomic mass is 10.0. The topological polar surface area (TPSA) is 30.3 Å². The highest BCUT2D eigenvalue weighted by molar-refractivity contribution is 5.48. The van der Waals surface area contributed by atoms with Crippen molar-refractivity contribution in [3.8, 4) is 6.07 Å². The minimum absolute atomic E-state index is 0.129. The van der Waals surface area contributed by atoms with E-state index in [0.29, 0.717) is 0 Å². The molecule has 0 saturated heterocycles. The van der Waals surface area contributed by atoms with Crippen LogP contribution in [-0.4, -0.2) is 31.1 Å². The van der Waals surface area contributed by atoms with Gasteiger partial charge in [-0.1, -0.05) is 26.0 Å². The lowest BCUT2D eigenvalue weighted by Crippen LogP contribution is -2.29. The maximum absolute atomic E-state index is 9.57. The van der Waals surface area contributed by atoms with Crippen LogP contribution in [0.3, 0.4) is 0 Å². The van der Waals surface area contributed by atoms with Crippen molar-refractivity contribution in [2.45, 2.75) is 46.6 Å². The Morgan fingerprint density at radius 2 is 1.48 bits per heavy atom. The summed E-state index contributed by atoms with van der Waals surface area (Å²) in [5.74, 6) is 0. The maximum Gasteiger partial charge on any atom is 0.123 e. The molecule has 0 fully saturated rings. The van der Waals surface area contributed by atoms with Crippen molar-refractivity contribution in [3.63, 3.8) is 0 Å². The van der Waals surface area contributed by atoms with Crippen molar-refractivity contribution >= 4 is 5.69 Å². The normalized spacial score (nSPS) is 12.2. The van der Waals surface area contributed by atoms with Gasteiger partial charge < -0.3 is 4.90 Å². The molecule has 0 saturated carbocycles. The lowest BCUT2D eigenvalue weighted by molar-refractivity contribution is 0.236. The smallest absolute Gasteiger partial charge is 0.123 e. The first-order chi connectivity index (χ1) is 10.2. The first kappa shape index (κ1) is 17.5. The molecule has 0 aromatic heterocycles. The van der Waals surface area contributed by atoms with Gasteiger partial charge in [-0.25, -0.2) is 0 Å². The Kier molecular flexibility index (Phi) is 7.85. The van der Waals surface area contributed by atoms with Crippen LogP contribution in [0.15, 0.2) is 24.3 Å². The van der Waals surface area contributed by atoms with E-state index in [4.69, 9.17) is 0 Å². The van der Waals surface area contributed by atoms with E-state index in [1.807, 2.05) is 0 Å². The van der Waals surface area contributed by atoms with Crippen LogP contribution in [-0.2, 0) is 0 Å². The van der Waals surface area contributed by atoms with Crippen LogP contribution in [0.5, 0.6) is 0 Å². The van der Waals surface area contributed by atoms with Gasteiger partial charge in [0, 0.05) is 18.8 Å². The summed E-state index contributed by atoms with van der Waals surface area (Å²) in [6.07, 6.45) is 2.16. The quantitative estimate of drug-likeness (QED) is 0.681. The first-order valence-electron chi connectivity index (χ1n) is 8.20. The molecule has 0 bridgehead atoms. The average Bonchev–Trinajstić information content (AvgIpc) is 2.51. The monoisotopic (exact) mass is 287 g/mol. The van der Waals surface area contributed by atoms with E-state index in [-0.39, 0.29) is 6.04 Å². The molecule has 0 amide bonds. The molecule has 0 radical (unpaired) electrons. The van der Waals surface area contributed by atoms with Crippen LogP contribution in [0.25, 0.3) is 0 Å². The standard InChI is InChI=1S/C18H29N3/c1-5-13-21(14-6-2)18(15-19)16-9-11-17(12-10-16)20(7-3)8-4/h9-12,18H,5-8,13-14H2,1-4H3. The van der Waals surface area contributed by atoms with E-state index >= 15 is 0 Å². The van der Waals surface area contributed by atoms with Gasteiger partial charge >= 0.3 is 0 Å². The molecule has 1 atom stereocenters. The van der Waals surface area contributed by atoms with Crippen LogP contribution in [0.1, 0.15) is 52.1 Å².